The molecule has 2 aromatic heterocycles. The smallest absolute Gasteiger partial charge is 0.408 e. The summed E-state index contributed by atoms with van der Waals surface area (Å²) in [5, 5.41) is 7.79. The Hall–Kier alpha value is -4.11. The summed E-state index contributed by atoms with van der Waals surface area (Å²) in [4.78, 5) is 13.6. The largest absolute Gasteiger partial charge is 0.461 e. The van der Waals surface area contributed by atoms with Gasteiger partial charge in [0.2, 0.25) is 0 Å². The van der Waals surface area contributed by atoms with E-state index in [9.17, 15) is 18.0 Å². The maximum Gasteiger partial charge on any atom is 0.408 e. The topological polar surface area (TPSA) is 58.3 Å². The number of nitrogens with zero attached hydrogens (tertiary/aromatic N) is 3. The molecular weight excluding hydrogens is 579 g/mol. The van der Waals surface area contributed by atoms with Crippen LogP contribution in [0.25, 0.3) is 32.8 Å². The molecular formula is C36H38F3N3O3. The van der Waals surface area contributed by atoms with Gasteiger partial charge in [-0.1, -0.05) is 60.7 Å². The normalized spacial score (nSPS) is 14.0. The van der Waals surface area contributed by atoms with Crippen molar-refractivity contribution in [3.63, 3.8) is 0 Å². The zero-order valence-electron chi connectivity index (χ0n) is 25.8. The summed E-state index contributed by atoms with van der Waals surface area (Å²) in [6, 6.07) is 20.7. The predicted molar refractivity (Wildman–Crippen MR) is 169 cm³/mol. The maximum atomic E-state index is 13.6. The van der Waals surface area contributed by atoms with Crippen molar-refractivity contribution in [1.82, 2.24) is 14.3 Å². The second-order valence-electron chi connectivity index (χ2n) is 11.7. The van der Waals surface area contributed by atoms with Crippen LogP contribution in [-0.2, 0) is 42.0 Å². The van der Waals surface area contributed by atoms with Crippen LogP contribution in [0.2, 0.25) is 0 Å². The van der Waals surface area contributed by atoms with E-state index < -0.39 is 12.7 Å². The second kappa shape index (κ2) is 13.1. The fraction of sp³-hybridized carbons (Fsp3) is 0.389. The highest BCUT2D eigenvalue weighted by molar-refractivity contribution is 6.05. The Morgan fingerprint density at radius 3 is 2.56 bits per heavy atom. The van der Waals surface area contributed by atoms with E-state index >= 15 is 0 Å². The molecule has 0 atom stereocenters. The van der Waals surface area contributed by atoms with Gasteiger partial charge in [-0.3, -0.25) is 4.68 Å². The minimum atomic E-state index is -4.42. The van der Waals surface area contributed by atoms with E-state index in [1.54, 1.807) is 13.8 Å². The van der Waals surface area contributed by atoms with Crippen molar-refractivity contribution < 1.29 is 27.4 Å². The SMILES string of the molecule is CCOC(=O)c1c(CCCCc2cccc3ccccc23)c2cccc3c2n1CCCCOCc1nn(CC(F)(F)F)c(C)c1-3. The molecule has 5 aromatic rings. The van der Waals surface area contributed by atoms with Crippen LogP contribution < -0.4 is 0 Å². The van der Waals surface area contributed by atoms with Crippen LogP contribution in [0.15, 0.2) is 60.7 Å². The molecule has 236 valence electrons. The minimum Gasteiger partial charge on any atom is -0.461 e. The first-order valence-corrected chi connectivity index (χ1v) is 15.8. The van der Waals surface area contributed by atoms with Crippen LogP contribution in [0.1, 0.15) is 65.6 Å². The number of halogens is 3. The van der Waals surface area contributed by atoms with Crippen LogP contribution in [0.5, 0.6) is 0 Å². The number of para-hydroxylation sites is 1. The molecule has 6 rings (SSSR count). The van der Waals surface area contributed by atoms with Crippen LogP contribution >= 0.6 is 0 Å². The molecule has 3 aromatic carbocycles. The van der Waals surface area contributed by atoms with Gasteiger partial charge >= 0.3 is 12.1 Å². The zero-order chi connectivity index (χ0) is 31.6. The van der Waals surface area contributed by atoms with Gasteiger partial charge in [0.15, 0.2) is 0 Å². The molecule has 1 aliphatic heterocycles. The molecule has 6 nitrogen and oxygen atoms in total. The molecule has 0 N–H and O–H groups in total. The number of hydrogen-bond donors (Lipinski definition) is 0. The Labute approximate surface area is 260 Å². The number of esters is 1. The molecule has 0 bridgehead atoms. The Morgan fingerprint density at radius 2 is 1.73 bits per heavy atom. The van der Waals surface area contributed by atoms with Crippen LogP contribution in [0.3, 0.4) is 0 Å². The molecule has 0 spiro atoms. The highest BCUT2D eigenvalue weighted by Crippen LogP contribution is 2.39. The molecule has 0 unspecified atom stereocenters. The Balaban J connectivity index is 1.43. The lowest BCUT2D eigenvalue weighted by atomic mass is 9.96. The minimum absolute atomic E-state index is 0.115. The molecule has 0 saturated carbocycles. The van der Waals surface area contributed by atoms with Gasteiger partial charge in [0, 0.05) is 35.4 Å². The van der Waals surface area contributed by atoms with Gasteiger partial charge in [0.1, 0.15) is 12.2 Å². The van der Waals surface area contributed by atoms with Crippen molar-refractivity contribution in [2.24, 2.45) is 0 Å². The molecule has 1 aliphatic rings. The third-order valence-electron chi connectivity index (χ3n) is 8.69. The first-order valence-electron chi connectivity index (χ1n) is 15.8. The summed E-state index contributed by atoms with van der Waals surface area (Å²) in [5.74, 6) is -0.375. The van der Waals surface area contributed by atoms with Crippen LogP contribution in [0.4, 0.5) is 13.2 Å². The van der Waals surface area contributed by atoms with E-state index in [1.165, 1.54) is 16.3 Å². The lowest BCUT2D eigenvalue weighted by molar-refractivity contribution is -0.143. The van der Waals surface area contributed by atoms with E-state index in [-0.39, 0.29) is 19.2 Å². The number of aromatic nitrogens is 3. The van der Waals surface area contributed by atoms with Crippen molar-refractivity contribution >= 4 is 27.6 Å². The summed E-state index contributed by atoms with van der Waals surface area (Å²) in [6.45, 7) is 3.65. The first kappa shape index (κ1) is 30.9. The number of carbonyl (C=O) groups is 1. The summed E-state index contributed by atoms with van der Waals surface area (Å²) in [5.41, 5.74) is 5.87. The number of carbonyl (C=O) groups excluding carboxylic acids is 1. The lowest BCUT2D eigenvalue weighted by Crippen LogP contribution is -2.19. The third kappa shape index (κ3) is 6.36. The number of rotatable bonds is 8. The Bertz CT molecular complexity index is 1830. The zero-order valence-corrected chi connectivity index (χ0v) is 25.8. The number of aryl methyl sites for hydroxylation is 3. The van der Waals surface area contributed by atoms with Crippen LogP contribution in [0, 0.1) is 6.92 Å². The summed E-state index contributed by atoms with van der Waals surface area (Å²) in [7, 11) is 0. The second-order valence-corrected chi connectivity index (χ2v) is 11.7. The fourth-order valence-electron chi connectivity index (χ4n) is 6.75. The maximum absolute atomic E-state index is 13.6. The summed E-state index contributed by atoms with van der Waals surface area (Å²) < 4.78 is 55.0. The number of alkyl halides is 3. The molecule has 0 fully saturated rings. The third-order valence-corrected chi connectivity index (χ3v) is 8.69. The predicted octanol–water partition coefficient (Wildman–Crippen LogP) is 8.58. The summed E-state index contributed by atoms with van der Waals surface area (Å²) >= 11 is 0. The molecule has 9 heteroatoms. The van der Waals surface area contributed by atoms with Gasteiger partial charge in [-0.2, -0.15) is 18.3 Å². The van der Waals surface area contributed by atoms with Crippen molar-refractivity contribution in [2.75, 3.05) is 13.2 Å². The number of benzene rings is 3. The Morgan fingerprint density at radius 1 is 0.978 bits per heavy atom. The van der Waals surface area contributed by atoms with Gasteiger partial charge in [-0.05, 0) is 74.3 Å². The highest BCUT2D eigenvalue weighted by Gasteiger charge is 2.32. The molecule has 45 heavy (non-hydrogen) atoms. The molecule has 0 saturated heterocycles. The van der Waals surface area contributed by atoms with Crippen molar-refractivity contribution in [2.45, 2.75) is 78.2 Å². The fourth-order valence-corrected chi connectivity index (χ4v) is 6.75. The van der Waals surface area contributed by atoms with Crippen molar-refractivity contribution in [3.05, 3.63) is 88.9 Å². The van der Waals surface area contributed by atoms with E-state index in [0.717, 1.165) is 58.8 Å². The molecule has 3 heterocycles. The average molecular weight is 618 g/mol. The van der Waals surface area contributed by atoms with Gasteiger partial charge in [-0.25, -0.2) is 4.79 Å². The first-order chi connectivity index (χ1) is 21.8. The number of ether oxygens (including phenoxy) is 2. The van der Waals surface area contributed by atoms with Gasteiger partial charge < -0.3 is 14.0 Å². The van der Waals surface area contributed by atoms with Crippen molar-refractivity contribution in [1.29, 1.82) is 0 Å². The van der Waals surface area contributed by atoms with Crippen molar-refractivity contribution in [3.8, 4) is 11.1 Å². The lowest BCUT2D eigenvalue weighted by Gasteiger charge is -2.13. The van der Waals surface area contributed by atoms with Gasteiger partial charge in [0.25, 0.3) is 0 Å². The van der Waals surface area contributed by atoms with Gasteiger partial charge in [0.05, 0.1) is 24.4 Å². The van der Waals surface area contributed by atoms with E-state index in [1.807, 2.05) is 22.8 Å². The van der Waals surface area contributed by atoms with Crippen LogP contribution in [-0.4, -0.2) is 39.7 Å². The molecule has 0 radical (unpaired) electrons. The quantitative estimate of drug-likeness (QED) is 0.129. The standard InChI is InChI=1S/C36H38F3N3O3/c1-3-45-35(43)34-29(17-7-5-13-26-15-10-14-25-12-4-6-16-27(25)26)28-18-11-19-30-32-24(2)42(23-36(37,38)39)40-31(32)22-44-21-9-8-20-41(34)33(28)30/h4,6,10-12,14-16,18-19H,3,5,7-9,13,17,20-23H2,1-2H3. The number of unbranched alkanes of at least 4 members (excludes halogenated alkanes) is 1. The van der Waals surface area contributed by atoms with Gasteiger partial charge in [-0.15, -0.1) is 0 Å². The average Bonchev–Trinajstić information content (AvgIpc) is 3.48. The monoisotopic (exact) mass is 617 g/mol. The highest BCUT2D eigenvalue weighted by atomic mass is 19.4. The summed E-state index contributed by atoms with van der Waals surface area (Å²) in [6.07, 6.45) is 0.487. The van der Waals surface area contributed by atoms with E-state index in [0.29, 0.717) is 42.2 Å². The molecule has 0 aliphatic carbocycles. The molecule has 0 amide bonds. The number of hydrogen-bond acceptors (Lipinski definition) is 4. The number of fused-ring (bicyclic) bond motifs is 3. The van der Waals surface area contributed by atoms with E-state index in [2.05, 4.69) is 47.6 Å². The Kier molecular flexibility index (Phi) is 8.99. The van der Waals surface area contributed by atoms with E-state index in [4.69, 9.17) is 9.47 Å².